The molecule has 1 aromatic heterocycles. The molecule has 1 heteroatoms. The number of unbranched alkanes of at least 4 members (excludes halogenated alkanes) is 13. The van der Waals surface area contributed by atoms with E-state index in [1.54, 1.807) is 0 Å². The Hall–Kier alpha value is -1.89. The number of fused-ring (bicyclic) bond motifs is 2. The molecule has 0 radical (unpaired) electrons. The van der Waals surface area contributed by atoms with Crippen LogP contribution in [0.2, 0.25) is 0 Å². The van der Waals surface area contributed by atoms with Gasteiger partial charge in [0.25, 0.3) is 0 Å². The van der Waals surface area contributed by atoms with E-state index in [0.717, 1.165) is 11.0 Å². The van der Waals surface area contributed by atoms with E-state index in [1.807, 2.05) is 0 Å². The molecule has 1 nitrogen and oxygen atoms in total. The first-order valence-electron chi connectivity index (χ1n) is 12.7. The molecule has 1 heterocycles. The monoisotopic (exact) mass is 403 g/mol. The van der Waals surface area contributed by atoms with E-state index in [9.17, 15) is 0 Å². The first-order chi connectivity index (χ1) is 14.9. The van der Waals surface area contributed by atoms with Crippen LogP contribution >= 0.6 is 0 Å². The maximum absolute atomic E-state index is 4.86. The van der Waals surface area contributed by atoms with Crippen molar-refractivity contribution in [3.05, 3.63) is 54.1 Å². The quantitative estimate of drug-likeness (QED) is 0.182. The van der Waals surface area contributed by atoms with Gasteiger partial charge in [0.1, 0.15) is 0 Å². The van der Waals surface area contributed by atoms with Crippen LogP contribution in [0.3, 0.4) is 0 Å². The van der Waals surface area contributed by atoms with Crippen LogP contribution in [0, 0.1) is 0 Å². The number of para-hydroxylation sites is 2. The van der Waals surface area contributed by atoms with E-state index in [1.165, 1.54) is 113 Å². The minimum absolute atomic E-state index is 1.14. The third-order valence-electron chi connectivity index (χ3n) is 6.48. The zero-order chi connectivity index (χ0) is 20.9. The summed E-state index contributed by atoms with van der Waals surface area (Å²) in [6.07, 6.45) is 21.0. The Bertz CT molecular complexity index is 813. The van der Waals surface area contributed by atoms with E-state index in [4.69, 9.17) is 4.98 Å². The van der Waals surface area contributed by atoms with Gasteiger partial charge in [0.05, 0.1) is 11.0 Å². The molecule has 0 aliphatic carbocycles. The van der Waals surface area contributed by atoms with Crippen LogP contribution in [0.25, 0.3) is 21.8 Å². The summed E-state index contributed by atoms with van der Waals surface area (Å²) in [4.78, 5) is 4.86. The molecule has 0 aliphatic heterocycles. The van der Waals surface area contributed by atoms with Crippen LogP contribution in [-0.4, -0.2) is 4.98 Å². The molecule has 0 amide bonds. The number of nitrogens with zero attached hydrogens (tertiary/aromatic N) is 1. The zero-order valence-electron chi connectivity index (χ0n) is 19.2. The van der Waals surface area contributed by atoms with Gasteiger partial charge in [-0.05, 0) is 30.5 Å². The summed E-state index contributed by atoms with van der Waals surface area (Å²) < 4.78 is 0. The molecular weight excluding hydrogens is 362 g/mol. The molecule has 3 rings (SSSR count). The molecule has 0 aliphatic rings. The highest BCUT2D eigenvalue weighted by Crippen LogP contribution is 2.27. The third kappa shape index (κ3) is 7.11. The standard InChI is InChI=1S/C29H41N/c1-2-3-4-5-6-7-8-9-10-11-12-13-14-15-20-25-26-21-16-18-23-28(26)30-29-24-19-17-22-27(25)29/h16-19,21-24H,2-15,20H2,1H3. The van der Waals surface area contributed by atoms with E-state index in [-0.39, 0.29) is 0 Å². The highest BCUT2D eigenvalue weighted by Gasteiger charge is 2.08. The SMILES string of the molecule is CCCCCCCCCCCCCCCCc1c2ccccc2nc2ccccc12. The predicted molar refractivity (Wildman–Crippen MR) is 133 cm³/mol. The molecule has 0 bridgehead atoms. The summed E-state index contributed by atoms with van der Waals surface area (Å²) >= 11 is 0. The molecule has 30 heavy (non-hydrogen) atoms. The molecule has 0 saturated carbocycles. The van der Waals surface area contributed by atoms with E-state index in [0.29, 0.717) is 0 Å². The fraction of sp³-hybridized carbons (Fsp3) is 0.552. The molecule has 2 aromatic carbocycles. The Morgan fingerprint density at radius 2 is 0.900 bits per heavy atom. The Morgan fingerprint density at radius 1 is 0.500 bits per heavy atom. The van der Waals surface area contributed by atoms with Crippen molar-refractivity contribution in [1.82, 2.24) is 4.98 Å². The molecule has 0 N–H and O–H groups in total. The number of hydrogen-bond donors (Lipinski definition) is 0. The van der Waals surface area contributed by atoms with Gasteiger partial charge in [0.15, 0.2) is 0 Å². The van der Waals surface area contributed by atoms with Gasteiger partial charge in [-0.1, -0.05) is 127 Å². The van der Waals surface area contributed by atoms with Crippen molar-refractivity contribution in [2.75, 3.05) is 0 Å². The van der Waals surface area contributed by atoms with E-state index >= 15 is 0 Å². The first kappa shape index (κ1) is 22.8. The van der Waals surface area contributed by atoms with Crippen molar-refractivity contribution in [3.63, 3.8) is 0 Å². The second-order valence-electron chi connectivity index (χ2n) is 8.97. The molecule has 0 unspecified atom stereocenters. The summed E-state index contributed by atoms with van der Waals surface area (Å²) in [5, 5.41) is 2.68. The lowest BCUT2D eigenvalue weighted by atomic mass is 9.97. The lowest BCUT2D eigenvalue weighted by molar-refractivity contribution is 0.536. The number of aromatic nitrogens is 1. The van der Waals surface area contributed by atoms with Gasteiger partial charge in [0, 0.05) is 10.8 Å². The van der Waals surface area contributed by atoms with Crippen molar-refractivity contribution < 1.29 is 0 Å². The summed E-state index contributed by atoms with van der Waals surface area (Å²) in [5.41, 5.74) is 3.77. The van der Waals surface area contributed by atoms with Crippen molar-refractivity contribution >= 4 is 21.8 Å². The van der Waals surface area contributed by atoms with Crippen LogP contribution in [0.4, 0.5) is 0 Å². The zero-order valence-corrected chi connectivity index (χ0v) is 19.2. The minimum Gasteiger partial charge on any atom is -0.248 e. The topological polar surface area (TPSA) is 12.9 Å². The Labute approximate surface area is 184 Å². The Morgan fingerprint density at radius 3 is 1.37 bits per heavy atom. The van der Waals surface area contributed by atoms with Crippen molar-refractivity contribution in [2.45, 2.75) is 103 Å². The molecule has 0 fully saturated rings. The summed E-state index contributed by atoms with van der Waals surface area (Å²) in [6, 6.07) is 17.3. The van der Waals surface area contributed by atoms with Gasteiger partial charge in [-0.25, -0.2) is 4.98 Å². The fourth-order valence-electron chi connectivity index (χ4n) is 4.69. The summed E-state index contributed by atoms with van der Waals surface area (Å²) in [5.74, 6) is 0. The molecule has 0 atom stereocenters. The molecule has 0 saturated heterocycles. The van der Waals surface area contributed by atoms with Crippen LogP contribution in [0.1, 0.15) is 102 Å². The van der Waals surface area contributed by atoms with Crippen molar-refractivity contribution in [1.29, 1.82) is 0 Å². The second kappa shape index (κ2) is 13.4. The van der Waals surface area contributed by atoms with Gasteiger partial charge < -0.3 is 0 Å². The number of rotatable bonds is 15. The Balaban J connectivity index is 1.32. The minimum atomic E-state index is 1.14. The normalized spacial score (nSPS) is 11.5. The third-order valence-corrected chi connectivity index (χ3v) is 6.48. The number of pyridine rings is 1. The number of hydrogen-bond acceptors (Lipinski definition) is 1. The molecule has 3 aromatic rings. The maximum atomic E-state index is 4.86. The highest BCUT2D eigenvalue weighted by molar-refractivity contribution is 5.97. The molecular formula is C29H41N. The largest absolute Gasteiger partial charge is 0.248 e. The van der Waals surface area contributed by atoms with Crippen LogP contribution in [0.15, 0.2) is 48.5 Å². The lowest BCUT2D eigenvalue weighted by Crippen LogP contribution is -1.93. The number of aryl methyl sites for hydroxylation is 1. The average molecular weight is 404 g/mol. The van der Waals surface area contributed by atoms with E-state index in [2.05, 4.69) is 55.5 Å². The van der Waals surface area contributed by atoms with Gasteiger partial charge in [-0.15, -0.1) is 0 Å². The van der Waals surface area contributed by atoms with Crippen molar-refractivity contribution in [2.24, 2.45) is 0 Å². The maximum Gasteiger partial charge on any atom is 0.0712 e. The first-order valence-corrected chi connectivity index (χ1v) is 12.7. The van der Waals surface area contributed by atoms with Gasteiger partial charge in [0.2, 0.25) is 0 Å². The fourth-order valence-corrected chi connectivity index (χ4v) is 4.69. The summed E-state index contributed by atoms with van der Waals surface area (Å²) in [6.45, 7) is 2.29. The van der Waals surface area contributed by atoms with Crippen LogP contribution < -0.4 is 0 Å². The highest BCUT2D eigenvalue weighted by atomic mass is 14.7. The second-order valence-corrected chi connectivity index (χ2v) is 8.97. The Kier molecular flexibility index (Phi) is 10.2. The van der Waals surface area contributed by atoms with Gasteiger partial charge >= 0.3 is 0 Å². The lowest BCUT2D eigenvalue weighted by Gasteiger charge is -2.11. The molecule has 0 spiro atoms. The molecule has 162 valence electrons. The number of benzene rings is 2. The van der Waals surface area contributed by atoms with Crippen LogP contribution in [-0.2, 0) is 6.42 Å². The van der Waals surface area contributed by atoms with Gasteiger partial charge in [-0.2, -0.15) is 0 Å². The van der Waals surface area contributed by atoms with E-state index < -0.39 is 0 Å². The predicted octanol–water partition coefficient (Wildman–Crippen LogP) is 9.41. The summed E-state index contributed by atoms with van der Waals surface area (Å²) in [7, 11) is 0. The van der Waals surface area contributed by atoms with Crippen LogP contribution in [0.5, 0.6) is 0 Å². The smallest absolute Gasteiger partial charge is 0.0712 e. The average Bonchev–Trinajstić information content (AvgIpc) is 2.78. The van der Waals surface area contributed by atoms with Crippen molar-refractivity contribution in [3.8, 4) is 0 Å². The van der Waals surface area contributed by atoms with Gasteiger partial charge in [-0.3, -0.25) is 0 Å².